The minimum atomic E-state index is -1.92. The fourth-order valence-electron chi connectivity index (χ4n) is 5.35. The third-order valence-electron chi connectivity index (χ3n) is 6.49. The summed E-state index contributed by atoms with van der Waals surface area (Å²) in [6.45, 7) is 15.2. The minimum absolute atomic E-state index is 0.0472. The highest BCUT2D eigenvalue weighted by molar-refractivity contribution is 14.1. The average molecular weight is 474 g/mol. The summed E-state index contributed by atoms with van der Waals surface area (Å²) in [5.41, 5.74) is 1.88. The van der Waals surface area contributed by atoms with Crippen LogP contribution in [0.5, 0.6) is 0 Å². The molecule has 3 atom stereocenters. The maximum absolute atomic E-state index is 7.26. The molecular weight excluding hydrogens is 437 g/mol. The predicted molar refractivity (Wildman–Crippen MR) is 121 cm³/mol. The molecule has 0 saturated carbocycles. The molecular formula is C21H36INOSi. The molecule has 1 heterocycles. The zero-order valence-corrected chi connectivity index (χ0v) is 20.0. The number of halogens is 1. The van der Waals surface area contributed by atoms with Crippen LogP contribution in [0, 0.1) is 11.3 Å². The summed E-state index contributed by atoms with van der Waals surface area (Å²) in [5, 5.41) is 0. The smallest absolute Gasteiger partial charge is 0.201 e. The number of allylic oxidation sites excluding steroid dienone is 2. The number of hydrogen-bond acceptors (Lipinski definition) is 2. The second-order valence-electron chi connectivity index (χ2n) is 8.70. The van der Waals surface area contributed by atoms with Crippen LogP contribution in [-0.2, 0) is 4.43 Å². The maximum Gasteiger partial charge on any atom is 0.201 e. The summed E-state index contributed by atoms with van der Waals surface area (Å²) in [6.07, 6.45) is 13.0. The lowest BCUT2D eigenvalue weighted by molar-refractivity contribution is 0.0711. The lowest BCUT2D eigenvalue weighted by atomic mass is 9.64. The molecule has 25 heavy (non-hydrogen) atoms. The zero-order valence-electron chi connectivity index (χ0n) is 16.8. The van der Waals surface area contributed by atoms with Crippen molar-refractivity contribution >= 4 is 37.1 Å². The van der Waals surface area contributed by atoms with Crippen LogP contribution in [0.4, 0.5) is 0 Å². The zero-order chi connectivity index (χ0) is 18.7. The van der Waals surface area contributed by atoms with Crippen LogP contribution >= 0.6 is 22.6 Å². The Morgan fingerprint density at radius 3 is 2.28 bits per heavy atom. The molecule has 0 amide bonds. The van der Waals surface area contributed by atoms with Gasteiger partial charge in [-0.15, -0.1) is 0 Å². The van der Waals surface area contributed by atoms with E-state index in [1.807, 2.05) is 0 Å². The van der Waals surface area contributed by atoms with Crippen LogP contribution in [0.2, 0.25) is 16.6 Å². The topological polar surface area (TPSA) is 21.6 Å². The van der Waals surface area contributed by atoms with E-state index in [9.17, 15) is 0 Å². The third-order valence-corrected chi connectivity index (χ3v) is 13.0. The fourth-order valence-corrected chi connectivity index (χ4v) is 11.4. The summed E-state index contributed by atoms with van der Waals surface area (Å²) in [7, 11) is -1.92. The molecule has 0 aromatic heterocycles. The molecule has 0 fully saturated rings. The van der Waals surface area contributed by atoms with E-state index in [4.69, 9.17) is 9.42 Å². The summed E-state index contributed by atoms with van der Waals surface area (Å²) in [5.74, 6) is 0.502. The molecule has 0 saturated heterocycles. The molecule has 0 unspecified atom stereocenters. The van der Waals surface area contributed by atoms with Crippen molar-refractivity contribution in [2.45, 2.75) is 83.5 Å². The molecule has 0 aromatic carbocycles. The van der Waals surface area contributed by atoms with Gasteiger partial charge in [-0.25, -0.2) is 0 Å². The van der Waals surface area contributed by atoms with Crippen molar-refractivity contribution < 1.29 is 4.43 Å². The van der Waals surface area contributed by atoms with Gasteiger partial charge in [-0.05, 0) is 45.9 Å². The SMILES string of the molecule is CC(C)[Si](O[C@@H]1C=CC[C@H](/C=C/I)[C@]12C=NCCC2)(C(C)C)C(C)C. The summed E-state index contributed by atoms with van der Waals surface area (Å²) in [4.78, 5) is 4.74. The average Bonchev–Trinajstić information content (AvgIpc) is 2.56. The van der Waals surface area contributed by atoms with Crippen LogP contribution < -0.4 is 0 Å². The number of hydrogen-bond donors (Lipinski definition) is 0. The summed E-state index contributed by atoms with van der Waals surface area (Å²) >= 11 is 2.36. The molecule has 1 spiro atoms. The molecule has 0 N–H and O–H groups in total. The van der Waals surface area contributed by atoms with Gasteiger partial charge in [-0.1, -0.05) is 82.4 Å². The Bertz CT molecular complexity index is 504. The highest BCUT2D eigenvalue weighted by Crippen LogP contribution is 2.50. The van der Waals surface area contributed by atoms with Gasteiger partial charge in [0.05, 0.1) is 6.10 Å². The van der Waals surface area contributed by atoms with E-state index in [-0.39, 0.29) is 11.5 Å². The Labute approximate surface area is 169 Å². The molecule has 2 rings (SSSR count). The van der Waals surface area contributed by atoms with Crippen molar-refractivity contribution in [3.63, 3.8) is 0 Å². The number of aliphatic imine (C=N–C) groups is 1. The quantitative estimate of drug-likeness (QED) is 0.233. The largest absolute Gasteiger partial charge is 0.409 e. The Morgan fingerprint density at radius 2 is 1.80 bits per heavy atom. The molecule has 0 aromatic rings. The Balaban J connectivity index is 2.47. The lowest BCUT2D eigenvalue weighted by Gasteiger charge is -2.51. The van der Waals surface area contributed by atoms with Crippen molar-refractivity contribution in [3.8, 4) is 0 Å². The number of nitrogens with zero attached hydrogens (tertiary/aromatic N) is 1. The molecule has 1 aliphatic heterocycles. The van der Waals surface area contributed by atoms with Crippen LogP contribution in [-0.4, -0.2) is 27.2 Å². The first-order chi connectivity index (χ1) is 11.8. The van der Waals surface area contributed by atoms with E-state index >= 15 is 0 Å². The molecule has 2 nitrogen and oxygen atoms in total. The lowest BCUT2D eigenvalue weighted by Crippen LogP contribution is -2.56. The highest BCUT2D eigenvalue weighted by atomic mass is 127. The first kappa shape index (κ1) is 21.4. The van der Waals surface area contributed by atoms with Crippen LogP contribution in [0.3, 0.4) is 0 Å². The molecule has 4 heteroatoms. The van der Waals surface area contributed by atoms with Crippen LogP contribution in [0.15, 0.2) is 27.3 Å². The van der Waals surface area contributed by atoms with Gasteiger partial charge in [0.15, 0.2) is 0 Å². The fraction of sp³-hybridized carbons (Fsp3) is 0.762. The van der Waals surface area contributed by atoms with E-state index in [1.54, 1.807) is 0 Å². The van der Waals surface area contributed by atoms with Gasteiger partial charge in [0.1, 0.15) is 0 Å². The normalized spacial score (nSPS) is 30.5. The monoisotopic (exact) mass is 473 g/mol. The van der Waals surface area contributed by atoms with Gasteiger partial charge >= 0.3 is 0 Å². The molecule has 0 bridgehead atoms. The molecule has 142 valence electrons. The highest BCUT2D eigenvalue weighted by Gasteiger charge is 2.52. The van der Waals surface area contributed by atoms with Gasteiger partial charge in [-0.3, -0.25) is 4.99 Å². The molecule has 0 radical (unpaired) electrons. The molecule has 1 aliphatic carbocycles. The van der Waals surface area contributed by atoms with E-state index in [0.717, 1.165) is 13.0 Å². The van der Waals surface area contributed by atoms with Crippen molar-refractivity contribution in [3.05, 3.63) is 22.3 Å². The number of rotatable bonds is 6. The van der Waals surface area contributed by atoms with Gasteiger partial charge in [-0.2, -0.15) is 0 Å². The minimum Gasteiger partial charge on any atom is -0.409 e. The Morgan fingerprint density at radius 1 is 1.16 bits per heavy atom. The van der Waals surface area contributed by atoms with E-state index in [1.165, 1.54) is 12.8 Å². The standard InChI is InChI=1S/C21H36INOSi/c1-16(2)25(17(3)4,18(5)6)24-20-10-7-9-19(11-13-22)21(20)12-8-14-23-15-21/h7,10-11,13,15-20H,8-9,12,14H2,1-6H3/b13-11+/t19-,20-,21+/m1/s1. The van der Waals surface area contributed by atoms with E-state index in [0.29, 0.717) is 22.5 Å². The van der Waals surface area contributed by atoms with Crippen molar-refractivity contribution in [2.24, 2.45) is 16.3 Å². The van der Waals surface area contributed by atoms with Crippen LogP contribution in [0.25, 0.3) is 0 Å². The maximum atomic E-state index is 7.26. The van der Waals surface area contributed by atoms with Crippen molar-refractivity contribution in [1.29, 1.82) is 0 Å². The van der Waals surface area contributed by atoms with Gasteiger partial charge in [0, 0.05) is 18.2 Å². The second kappa shape index (κ2) is 8.83. The van der Waals surface area contributed by atoms with Gasteiger partial charge in [0.25, 0.3) is 0 Å². The first-order valence-corrected chi connectivity index (χ1v) is 13.3. The van der Waals surface area contributed by atoms with Gasteiger partial charge in [0.2, 0.25) is 8.32 Å². The van der Waals surface area contributed by atoms with Gasteiger partial charge < -0.3 is 4.43 Å². The first-order valence-electron chi connectivity index (χ1n) is 9.93. The Hall–Kier alpha value is 0.0569. The molecule has 2 aliphatic rings. The summed E-state index contributed by atoms with van der Waals surface area (Å²) in [6, 6.07) is 0. The van der Waals surface area contributed by atoms with Crippen molar-refractivity contribution in [1.82, 2.24) is 0 Å². The van der Waals surface area contributed by atoms with E-state index < -0.39 is 8.32 Å². The third kappa shape index (κ3) is 4.01. The predicted octanol–water partition coefficient (Wildman–Crippen LogP) is 6.92. The second-order valence-corrected chi connectivity index (χ2v) is 14.8. The van der Waals surface area contributed by atoms with Crippen LogP contribution in [0.1, 0.15) is 60.8 Å². The van der Waals surface area contributed by atoms with E-state index in [2.05, 4.69) is 92.7 Å². The Kier molecular flexibility index (Phi) is 7.54. The van der Waals surface area contributed by atoms with Crippen molar-refractivity contribution in [2.75, 3.05) is 6.54 Å². The summed E-state index contributed by atoms with van der Waals surface area (Å²) < 4.78 is 9.44.